The van der Waals surface area contributed by atoms with Crippen molar-refractivity contribution >= 4 is 37.0 Å². The topological polar surface area (TPSA) is 127 Å². The largest absolute Gasteiger partial charge is 0.614 e. The number of benzene rings is 3. The molecule has 15 heteroatoms. The monoisotopic (exact) mass is 746 g/mol. The average Bonchev–Trinajstić information content (AvgIpc) is 3.59. The second kappa shape index (κ2) is 15.3. The fourth-order valence-corrected chi connectivity index (χ4v) is 9.44. The van der Waals surface area contributed by atoms with E-state index in [1.165, 1.54) is 25.1 Å². The lowest BCUT2D eigenvalue weighted by Crippen LogP contribution is -2.66. The highest BCUT2D eigenvalue weighted by Crippen LogP contribution is 2.41. The van der Waals surface area contributed by atoms with Gasteiger partial charge in [-0.25, -0.2) is 9.18 Å². The zero-order chi connectivity index (χ0) is 37.3. The van der Waals surface area contributed by atoms with Crippen molar-refractivity contribution in [3.05, 3.63) is 94.4 Å². The normalized spacial score (nSPS) is 23.5. The van der Waals surface area contributed by atoms with Crippen LogP contribution in [0.2, 0.25) is 0 Å². The van der Waals surface area contributed by atoms with Gasteiger partial charge in [0.15, 0.2) is 17.3 Å². The van der Waals surface area contributed by atoms with Gasteiger partial charge in [-0.3, -0.25) is 14.5 Å². The molecule has 0 radical (unpaired) electrons. The summed E-state index contributed by atoms with van der Waals surface area (Å²) >= 11 is -1.31. The summed E-state index contributed by atoms with van der Waals surface area (Å²) in [4.78, 5) is 42.7. The molecule has 3 aromatic carbocycles. The maximum atomic E-state index is 16.0. The van der Waals surface area contributed by atoms with Crippen LogP contribution in [0, 0.1) is 5.82 Å². The Bertz CT molecular complexity index is 1910. The first kappa shape index (κ1) is 36.6. The van der Waals surface area contributed by atoms with Crippen molar-refractivity contribution in [2.45, 2.75) is 43.9 Å². The summed E-state index contributed by atoms with van der Waals surface area (Å²) in [5.74, 6) is -0.281. The second-order valence-corrected chi connectivity index (χ2v) is 15.4. The number of amides is 2. The van der Waals surface area contributed by atoms with E-state index in [1.54, 1.807) is 43.4 Å². The lowest BCUT2D eigenvalue weighted by atomic mass is 10.0. The van der Waals surface area contributed by atoms with E-state index in [9.17, 15) is 18.9 Å². The molecule has 4 heterocycles. The van der Waals surface area contributed by atoms with E-state index in [1.807, 2.05) is 24.3 Å². The Balaban J connectivity index is 1.11. The Labute approximate surface area is 311 Å². The Morgan fingerprint density at radius 3 is 2.26 bits per heavy atom. The van der Waals surface area contributed by atoms with Crippen molar-refractivity contribution in [1.29, 1.82) is 0 Å². The maximum Gasteiger partial charge on any atom is 0.337 e. The van der Waals surface area contributed by atoms with Crippen molar-refractivity contribution < 1.29 is 51.4 Å². The molecule has 0 saturated carbocycles. The van der Waals surface area contributed by atoms with Gasteiger partial charge in [-0.1, -0.05) is 24.3 Å². The number of carbonyl (C=O) groups is 3. The Kier molecular flexibility index (Phi) is 10.6. The number of halogens is 1. The van der Waals surface area contributed by atoms with Gasteiger partial charge in [0.25, 0.3) is 5.91 Å². The number of hydrogen-bond donors (Lipinski definition) is 0. The minimum absolute atomic E-state index is 0.0418. The number of quaternary nitrogens is 1. The van der Waals surface area contributed by atoms with Gasteiger partial charge in [-0.15, -0.1) is 0 Å². The highest BCUT2D eigenvalue weighted by atomic mass is 32.2. The number of fused-ring (bicyclic) bond motifs is 2. The molecule has 0 aliphatic carbocycles. The lowest BCUT2D eigenvalue weighted by Gasteiger charge is -2.49. The third kappa shape index (κ3) is 7.29. The fourth-order valence-electron chi connectivity index (χ4n) is 7.89. The number of β-lactam (4-membered cyclic amide) rings is 1. The molecule has 0 N–H and O–H groups in total. The fraction of sp³-hybridized carbons (Fsp3) is 0.395. The zero-order valence-corrected chi connectivity index (χ0v) is 30.8. The molecule has 278 valence electrons. The standard InChI is InChI=1S/C38H42BFN3O9S/c1-48-29-9-5-24(6-10-29)21-50-32-17-26(16-31(40)36(32)51-22-25-7-11-30(49-2)12-8-25)37(45)41-13-15-43(14-3-4-28(43)19-41)20-27-23-53(47)34-18-33(44)42(34)35(27)38(46)52-39/h5-12,16-17,28,34H,3-4,13-15,18-23,39H2,1-2H3/q+1/t28-,34+,43?,53?/m0/s1. The van der Waals surface area contributed by atoms with Gasteiger partial charge in [0.2, 0.25) is 11.3 Å². The Morgan fingerprint density at radius 2 is 1.64 bits per heavy atom. The Morgan fingerprint density at radius 1 is 0.981 bits per heavy atom. The molecular weight excluding hydrogens is 704 g/mol. The summed E-state index contributed by atoms with van der Waals surface area (Å²) in [6.07, 6.45) is 1.92. The molecule has 53 heavy (non-hydrogen) atoms. The third-order valence-corrected chi connectivity index (χ3v) is 12.4. The Hall–Kier alpha value is -4.73. The van der Waals surface area contributed by atoms with E-state index in [-0.39, 0.29) is 66.0 Å². The molecule has 3 saturated heterocycles. The molecule has 4 aliphatic rings. The van der Waals surface area contributed by atoms with Gasteiger partial charge in [0, 0.05) is 18.4 Å². The molecule has 3 aromatic rings. The predicted octanol–water partition coefficient (Wildman–Crippen LogP) is 3.10. The van der Waals surface area contributed by atoms with Crippen LogP contribution in [0.3, 0.4) is 0 Å². The van der Waals surface area contributed by atoms with Crippen LogP contribution in [0.5, 0.6) is 23.0 Å². The summed E-state index contributed by atoms with van der Waals surface area (Å²) in [5.41, 5.74) is 2.64. The smallest absolute Gasteiger partial charge is 0.337 e. The SMILES string of the molecule is BOC(=O)C1=C(C[N+]23CCC[C@H]2CN(C(=O)c2cc(F)c(OCc4ccc(OC)cc4)c(OCc4ccc(OC)cc4)c2)CC3)C[S+]([O-])[C@@H]2CC(=O)N12. The molecule has 3 fully saturated rings. The summed E-state index contributed by atoms with van der Waals surface area (Å²) in [5, 5.41) is -0.492. The average molecular weight is 747 g/mol. The maximum absolute atomic E-state index is 16.0. The van der Waals surface area contributed by atoms with Crippen LogP contribution in [0.4, 0.5) is 4.39 Å². The third-order valence-electron chi connectivity index (χ3n) is 10.8. The molecule has 2 unspecified atom stereocenters. The predicted molar refractivity (Wildman–Crippen MR) is 195 cm³/mol. The minimum Gasteiger partial charge on any atom is -0.614 e. The zero-order valence-electron chi connectivity index (χ0n) is 30.0. The summed E-state index contributed by atoms with van der Waals surface area (Å²) < 4.78 is 57.3. The highest BCUT2D eigenvalue weighted by Gasteiger charge is 2.55. The molecule has 4 atom stereocenters. The number of ether oxygens (including phenoxy) is 4. The second-order valence-electron chi connectivity index (χ2n) is 13.8. The highest BCUT2D eigenvalue weighted by molar-refractivity contribution is 7.92. The van der Waals surface area contributed by atoms with Crippen LogP contribution in [-0.4, -0.2) is 109 Å². The van der Waals surface area contributed by atoms with Gasteiger partial charge in [0.05, 0.1) is 52.4 Å². The first-order chi connectivity index (χ1) is 25.6. The summed E-state index contributed by atoms with van der Waals surface area (Å²) in [6.45, 7) is 2.84. The minimum atomic E-state index is -1.31. The van der Waals surface area contributed by atoms with E-state index in [2.05, 4.69) is 0 Å². The van der Waals surface area contributed by atoms with Crippen LogP contribution < -0.4 is 18.9 Å². The first-order valence-electron chi connectivity index (χ1n) is 17.6. The van der Waals surface area contributed by atoms with Gasteiger partial charge in [-0.2, -0.15) is 0 Å². The van der Waals surface area contributed by atoms with Crippen molar-refractivity contribution in [3.8, 4) is 23.0 Å². The van der Waals surface area contributed by atoms with Crippen LogP contribution >= 0.6 is 0 Å². The molecule has 4 aliphatic heterocycles. The first-order valence-corrected chi connectivity index (χ1v) is 19.0. The van der Waals surface area contributed by atoms with Crippen LogP contribution in [0.25, 0.3) is 0 Å². The number of hydrogen-bond acceptors (Lipinski definition) is 9. The lowest BCUT2D eigenvalue weighted by molar-refractivity contribution is -0.938. The molecule has 0 aromatic heterocycles. The summed E-state index contributed by atoms with van der Waals surface area (Å²) in [7, 11) is 4.45. The van der Waals surface area contributed by atoms with Gasteiger partial charge >= 0.3 is 14.0 Å². The van der Waals surface area contributed by atoms with E-state index in [4.69, 9.17) is 23.6 Å². The molecule has 0 spiro atoms. The van der Waals surface area contributed by atoms with E-state index < -0.39 is 28.3 Å². The van der Waals surface area contributed by atoms with Crippen molar-refractivity contribution in [3.63, 3.8) is 0 Å². The summed E-state index contributed by atoms with van der Waals surface area (Å²) in [6, 6.07) is 17.3. The van der Waals surface area contributed by atoms with E-state index >= 15 is 4.39 Å². The van der Waals surface area contributed by atoms with Gasteiger partial charge in [0.1, 0.15) is 48.7 Å². The van der Waals surface area contributed by atoms with E-state index in [0.29, 0.717) is 47.7 Å². The number of rotatable bonds is 12. The van der Waals surface area contributed by atoms with Crippen molar-refractivity contribution in [2.75, 3.05) is 52.7 Å². The quantitative estimate of drug-likeness (QED) is 0.119. The van der Waals surface area contributed by atoms with Crippen LogP contribution in [-0.2, 0) is 38.6 Å². The molecule has 2 amide bonds. The number of carbonyl (C=O) groups excluding carboxylic acids is 3. The molecule has 7 rings (SSSR count). The molecular formula is C38H42BFN3O9S+. The van der Waals surface area contributed by atoms with Crippen LogP contribution in [0.15, 0.2) is 71.9 Å². The molecule has 0 bridgehead atoms. The number of methoxy groups -OCH3 is 2. The van der Waals surface area contributed by atoms with Gasteiger partial charge in [-0.05, 0) is 58.7 Å². The molecule has 12 nitrogen and oxygen atoms in total. The van der Waals surface area contributed by atoms with Crippen LogP contribution in [0.1, 0.15) is 40.7 Å². The number of piperazine rings is 1. The van der Waals surface area contributed by atoms with E-state index in [0.717, 1.165) is 30.5 Å². The van der Waals surface area contributed by atoms with Crippen molar-refractivity contribution in [1.82, 2.24) is 9.80 Å². The number of nitrogens with zero attached hydrogens (tertiary/aromatic N) is 3. The van der Waals surface area contributed by atoms with Crippen molar-refractivity contribution in [2.24, 2.45) is 0 Å². The van der Waals surface area contributed by atoms with Gasteiger partial charge < -0.3 is 37.5 Å².